The molecule has 2 aromatic heterocycles. The normalized spacial score (nSPS) is 12.6. The number of thiophene rings is 1. The van der Waals surface area contributed by atoms with Crippen LogP contribution in [-0.2, 0) is 0 Å². The van der Waals surface area contributed by atoms with Crippen molar-refractivity contribution >= 4 is 76.6 Å². The molecule has 10 rings (SSSR count). The number of hydrogen-bond donors (Lipinski definition) is 1. The highest BCUT2D eigenvalue weighted by molar-refractivity contribution is 7.21. The van der Waals surface area contributed by atoms with Gasteiger partial charge in [-0.25, -0.2) is 0 Å². The van der Waals surface area contributed by atoms with E-state index in [1.165, 1.54) is 32.7 Å². The lowest BCUT2D eigenvalue weighted by atomic mass is 9.90. The van der Waals surface area contributed by atoms with E-state index >= 15 is 0 Å². The molecule has 9 aromatic rings. The summed E-state index contributed by atoms with van der Waals surface area (Å²) in [7, 11) is 0. The van der Waals surface area contributed by atoms with Crippen molar-refractivity contribution in [2.45, 2.75) is 0 Å². The van der Waals surface area contributed by atoms with Crippen molar-refractivity contribution in [3.8, 4) is 22.3 Å². The van der Waals surface area contributed by atoms with Gasteiger partial charge < -0.3 is 10.6 Å². The third kappa shape index (κ3) is 4.51. The minimum absolute atomic E-state index is 0.427. The van der Waals surface area contributed by atoms with Gasteiger partial charge in [0.2, 0.25) is 0 Å². The lowest BCUT2D eigenvalue weighted by molar-refractivity contribution is 0.986. The lowest BCUT2D eigenvalue weighted by Crippen LogP contribution is -2.22. The summed E-state index contributed by atoms with van der Waals surface area (Å²) in [6.07, 6.45) is 1.86. The molecule has 0 saturated carbocycles. The first-order chi connectivity index (χ1) is 24.7. The van der Waals surface area contributed by atoms with Gasteiger partial charge in [0.15, 0.2) is 0 Å². The van der Waals surface area contributed by atoms with E-state index < -0.39 is 0 Å². The highest BCUT2D eigenvalue weighted by atomic mass is 32.1. The Morgan fingerprint density at radius 2 is 1.32 bits per heavy atom. The largest absolute Gasteiger partial charge is 0.397 e. The zero-order valence-corrected chi connectivity index (χ0v) is 27.9. The van der Waals surface area contributed by atoms with Gasteiger partial charge in [0.05, 0.1) is 33.2 Å². The molecular formula is C45H30N4S. The van der Waals surface area contributed by atoms with Gasteiger partial charge in [-0.05, 0) is 57.6 Å². The molecule has 0 aliphatic carbocycles. The van der Waals surface area contributed by atoms with Gasteiger partial charge in [-0.15, -0.1) is 11.3 Å². The second-order valence-corrected chi connectivity index (χ2v) is 13.8. The molecule has 0 radical (unpaired) electrons. The van der Waals surface area contributed by atoms with Gasteiger partial charge in [-0.1, -0.05) is 121 Å². The van der Waals surface area contributed by atoms with Crippen LogP contribution in [0.3, 0.4) is 0 Å². The van der Waals surface area contributed by atoms with E-state index in [0.29, 0.717) is 6.67 Å². The first-order valence-electron chi connectivity index (χ1n) is 16.8. The Morgan fingerprint density at radius 1 is 0.620 bits per heavy atom. The molecule has 0 fully saturated rings. The number of pyridine rings is 1. The molecule has 4 nitrogen and oxygen atoms in total. The van der Waals surface area contributed by atoms with Gasteiger partial charge >= 0.3 is 0 Å². The van der Waals surface area contributed by atoms with Crippen LogP contribution >= 0.6 is 11.3 Å². The number of fused-ring (bicyclic) bond motifs is 5. The third-order valence-corrected chi connectivity index (χ3v) is 11.1. The van der Waals surface area contributed by atoms with Gasteiger partial charge in [0, 0.05) is 43.7 Å². The summed E-state index contributed by atoms with van der Waals surface area (Å²) in [6.45, 7) is 0.427. The maximum Gasteiger partial charge on any atom is 0.115 e. The van der Waals surface area contributed by atoms with E-state index in [9.17, 15) is 0 Å². The molecule has 0 spiro atoms. The summed E-state index contributed by atoms with van der Waals surface area (Å²) >= 11 is 1.70. The molecule has 0 atom stereocenters. The third-order valence-electron chi connectivity index (χ3n) is 9.94. The SMILES string of the molecule is Nc1c(C(=NCN2c3cc4ccccc4cc3-c3cccc4cccc2c34)c2ccc(-c3cccc4cccnc34)cc2)sc2ccccc12. The average molecular weight is 659 g/mol. The fraction of sp³-hybridized carbons (Fsp3) is 0.0222. The molecule has 3 heterocycles. The quantitative estimate of drug-likeness (QED) is 0.187. The summed E-state index contributed by atoms with van der Waals surface area (Å²) in [6, 6.07) is 53.9. The van der Waals surface area contributed by atoms with Gasteiger partial charge in [0.25, 0.3) is 0 Å². The van der Waals surface area contributed by atoms with E-state index in [1.54, 1.807) is 11.3 Å². The number of nitrogen functional groups attached to an aromatic ring is 1. The van der Waals surface area contributed by atoms with Crippen LogP contribution in [0.25, 0.3) is 64.8 Å². The topological polar surface area (TPSA) is 54.5 Å². The van der Waals surface area contributed by atoms with Crippen LogP contribution < -0.4 is 10.6 Å². The van der Waals surface area contributed by atoms with Crippen molar-refractivity contribution < 1.29 is 0 Å². The van der Waals surface area contributed by atoms with E-state index in [0.717, 1.165) is 65.3 Å². The molecule has 0 saturated heterocycles. The summed E-state index contributed by atoms with van der Waals surface area (Å²) in [5.41, 5.74) is 17.6. The van der Waals surface area contributed by atoms with Crippen molar-refractivity contribution in [1.82, 2.24) is 4.98 Å². The van der Waals surface area contributed by atoms with Crippen molar-refractivity contribution in [3.05, 3.63) is 168 Å². The van der Waals surface area contributed by atoms with E-state index in [-0.39, 0.29) is 0 Å². The fourth-order valence-electron chi connectivity index (χ4n) is 7.54. The molecule has 0 amide bonds. The number of nitrogens with zero attached hydrogens (tertiary/aromatic N) is 3. The smallest absolute Gasteiger partial charge is 0.115 e. The van der Waals surface area contributed by atoms with Crippen molar-refractivity contribution in [3.63, 3.8) is 0 Å². The molecule has 236 valence electrons. The zero-order valence-electron chi connectivity index (χ0n) is 27.0. The number of para-hydroxylation sites is 1. The average Bonchev–Trinajstić information content (AvgIpc) is 3.51. The molecule has 5 heteroatoms. The van der Waals surface area contributed by atoms with E-state index in [2.05, 4.69) is 144 Å². The van der Waals surface area contributed by atoms with Crippen LogP contribution in [-0.4, -0.2) is 17.4 Å². The molecule has 50 heavy (non-hydrogen) atoms. The van der Waals surface area contributed by atoms with Crippen LogP contribution in [0.2, 0.25) is 0 Å². The second kappa shape index (κ2) is 11.4. The molecular weight excluding hydrogens is 629 g/mol. The van der Waals surface area contributed by atoms with Crippen LogP contribution in [0.4, 0.5) is 17.1 Å². The first kappa shape index (κ1) is 28.7. The monoisotopic (exact) mass is 658 g/mol. The Morgan fingerprint density at radius 3 is 2.16 bits per heavy atom. The molecule has 1 aliphatic heterocycles. The Bertz CT molecular complexity index is 2800. The standard InChI is InChI=1S/C45H30N4S/c46-42-36-15-3-4-19-40(36)50-45(42)44(31-22-20-28(21-23-31)34-16-6-13-30-14-8-24-47-43(30)34)48-27-49-38-18-7-12-29-11-5-17-35(41(29)38)37-25-32-9-1-2-10-33(32)26-39(37)49/h1-26H,27,46H2. The maximum atomic E-state index is 6.94. The predicted molar refractivity (Wildman–Crippen MR) is 213 cm³/mol. The zero-order chi connectivity index (χ0) is 33.2. The summed E-state index contributed by atoms with van der Waals surface area (Å²) < 4.78 is 1.15. The number of aromatic nitrogens is 1. The molecule has 2 N–H and O–H groups in total. The maximum absolute atomic E-state index is 6.94. The van der Waals surface area contributed by atoms with Crippen molar-refractivity contribution in [1.29, 1.82) is 0 Å². The Hall–Kier alpha value is -6.30. The molecule has 1 aliphatic rings. The highest BCUT2D eigenvalue weighted by Gasteiger charge is 2.26. The van der Waals surface area contributed by atoms with Crippen LogP contribution in [0, 0.1) is 0 Å². The number of hydrogen-bond acceptors (Lipinski definition) is 5. The number of benzene rings is 7. The Kier molecular flexibility index (Phi) is 6.54. The minimum Gasteiger partial charge on any atom is -0.397 e. The molecule has 0 bridgehead atoms. The minimum atomic E-state index is 0.427. The fourth-order valence-corrected chi connectivity index (χ4v) is 8.70. The van der Waals surface area contributed by atoms with Gasteiger partial charge in [0.1, 0.15) is 6.67 Å². The first-order valence-corrected chi connectivity index (χ1v) is 17.6. The van der Waals surface area contributed by atoms with Crippen LogP contribution in [0.15, 0.2) is 163 Å². The number of anilines is 3. The van der Waals surface area contributed by atoms with Gasteiger partial charge in [-0.3, -0.25) is 9.98 Å². The molecule has 0 unspecified atom stereocenters. The Labute approximate surface area is 293 Å². The number of nitrogens with two attached hydrogens (primary N) is 1. The summed E-state index contributed by atoms with van der Waals surface area (Å²) in [5.74, 6) is 0. The summed E-state index contributed by atoms with van der Waals surface area (Å²) in [5, 5.41) is 7.10. The highest BCUT2D eigenvalue weighted by Crippen LogP contribution is 2.49. The van der Waals surface area contributed by atoms with Crippen LogP contribution in [0.1, 0.15) is 10.4 Å². The van der Waals surface area contributed by atoms with Crippen LogP contribution in [0.5, 0.6) is 0 Å². The number of rotatable bonds is 5. The second-order valence-electron chi connectivity index (χ2n) is 12.8. The van der Waals surface area contributed by atoms with E-state index in [1.807, 2.05) is 18.3 Å². The summed E-state index contributed by atoms with van der Waals surface area (Å²) in [4.78, 5) is 13.6. The van der Waals surface area contributed by atoms with E-state index in [4.69, 9.17) is 15.7 Å². The predicted octanol–water partition coefficient (Wildman–Crippen LogP) is 11.6. The Balaban J connectivity index is 1.15. The lowest BCUT2D eigenvalue weighted by Gasteiger charge is -2.33. The van der Waals surface area contributed by atoms with Crippen molar-refractivity contribution in [2.24, 2.45) is 4.99 Å². The molecule has 7 aromatic carbocycles. The van der Waals surface area contributed by atoms with Gasteiger partial charge in [-0.2, -0.15) is 0 Å². The van der Waals surface area contributed by atoms with Crippen molar-refractivity contribution in [2.75, 3.05) is 17.3 Å². The number of aliphatic imine (C=N–C) groups is 1.